The highest BCUT2D eigenvalue weighted by atomic mass is 79.9. The first kappa shape index (κ1) is 17.7. The number of fused-ring (bicyclic) bond motifs is 1. The number of carboxylic acid groups (broad SMARTS) is 1. The molecule has 3 rings (SSSR count). The van der Waals surface area contributed by atoms with Gasteiger partial charge in [-0.05, 0) is 19.4 Å². The number of aryl methyl sites for hydroxylation is 1. The number of nitrogens with zero attached hydrogens (tertiary/aromatic N) is 3. The lowest BCUT2D eigenvalue weighted by Gasteiger charge is -2.52. The van der Waals surface area contributed by atoms with E-state index in [0.29, 0.717) is 5.75 Å². The zero-order valence-electron chi connectivity index (χ0n) is 11.9. The summed E-state index contributed by atoms with van der Waals surface area (Å²) in [5.41, 5.74) is 0.829. The molecule has 124 valence electrons. The van der Waals surface area contributed by atoms with Crippen molar-refractivity contribution in [3.8, 4) is 0 Å². The minimum absolute atomic E-state index is 0.0921. The van der Waals surface area contributed by atoms with Gasteiger partial charge in [-0.25, -0.2) is 4.79 Å². The van der Waals surface area contributed by atoms with Crippen molar-refractivity contribution >= 4 is 78.6 Å². The molecule has 2 aliphatic rings. The second kappa shape index (κ2) is 6.32. The van der Waals surface area contributed by atoms with Crippen molar-refractivity contribution in [3.63, 3.8) is 0 Å². The van der Waals surface area contributed by atoms with Crippen LogP contribution in [0.1, 0.15) is 11.9 Å². The van der Waals surface area contributed by atoms with E-state index in [9.17, 15) is 14.7 Å². The Morgan fingerprint density at radius 3 is 2.78 bits per heavy atom. The summed E-state index contributed by atoms with van der Waals surface area (Å²) in [7, 11) is 0. The molecule has 0 aliphatic carbocycles. The van der Waals surface area contributed by atoms with Crippen LogP contribution in [0.15, 0.2) is 15.6 Å². The van der Waals surface area contributed by atoms with Gasteiger partial charge >= 0.3 is 5.97 Å². The fraction of sp³-hybridized carbons (Fsp3) is 0.500. The Bertz CT molecular complexity index is 721. The number of carbonyl (C=O) groups excluding carboxylic acids is 1. The third kappa shape index (κ3) is 2.99. The van der Waals surface area contributed by atoms with Gasteiger partial charge in [-0.1, -0.05) is 55.0 Å². The van der Waals surface area contributed by atoms with Crippen LogP contribution in [0.25, 0.3) is 0 Å². The summed E-state index contributed by atoms with van der Waals surface area (Å²) >= 11 is 11.1. The number of hydrogen-bond acceptors (Lipinski definition) is 7. The number of rotatable bonds is 4. The Hall–Kier alpha value is -0.100. The summed E-state index contributed by atoms with van der Waals surface area (Å²) in [4.78, 5) is 25.4. The molecule has 1 fully saturated rings. The van der Waals surface area contributed by atoms with Gasteiger partial charge < -0.3 is 5.11 Å². The predicted molar refractivity (Wildman–Crippen MR) is 98.3 cm³/mol. The van der Waals surface area contributed by atoms with Gasteiger partial charge in [-0.2, -0.15) is 0 Å². The largest absolute Gasteiger partial charge is 0.477 e. The first-order valence-electron chi connectivity index (χ1n) is 6.49. The first-order valence-corrected chi connectivity index (χ1v) is 10.8. The van der Waals surface area contributed by atoms with Crippen LogP contribution in [0.3, 0.4) is 0 Å². The van der Waals surface area contributed by atoms with Gasteiger partial charge in [-0.15, -0.1) is 22.0 Å². The van der Waals surface area contributed by atoms with E-state index in [2.05, 4.69) is 42.1 Å². The Balaban J connectivity index is 1.91. The van der Waals surface area contributed by atoms with E-state index < -0.39 is 9.20 Å². The fourth-order valence-electron chi connectivity index (χ4n) is 2.36. The van der Waals surface area contributed by atoms with Crippen molar-refractivity contribution in [2.45, 2.75) is 32.0 Å². The predicted octanol–water partition coefficient (Wildman–Crippen LogP) is 3.07. The van der Waals surface area contributed by atoms with E-state index in [0.717, 1.165) is 14.9 Å². The maximum atomic E-state index is 12.3. The number of thioether (sulfide) groups is 2. The average molecular weight is 501 g/mol. The smallest absolute Gasteiger partial charge is 0.352 e. The van der Waals surface area contributed by atoms with Crippen LogP contribution in [-0.2, 0) is 9.59 Å². The lowest BCUT2D eigenvalue weighted by molar-refractivity contribution is -0.146. The van der Waals surface area contributed by atoms with Crippen LogP contribution in [0.5, 0.6) is 0 Å². The molecule has 23 heavy (non-hydrogen) atoms. The number of β-lactam (4-membered cyclic amide) rings is 1. The third-order valence-electron chi connectivity index (χ3n) is 3.47. The topological polar surface area (TPSA) is 83.4 Å². The maximum Gasteiger partial charge on any atom is 0.352 e. The molecule has 2 atom stereocenters. The molecule has 0 radical (unpaired) electrons. The highest BCUT2D eigenvalue weighted by Gasteiger charge is 2.62. The lowest BCUT2D eigenvalue weighted by Crippen LogP contribution is -2.68. The number of halogens is 2. The third-order valence-corrected chi connectivity index (χ3v) is 9.07. The minimum Gasteiger partial charge on any atom is -0.477 e. The molecular weight excluding hydrogens is 490 g/mol. The lowest BCUT2D eigenvalue weighted by atomic mass is 10.1. The van der Waals surface area contributed by atoms with Gasteiger partial charge in [0.15, 0.2) is 7.57 Å². The SMILES string of the molecule is Cc1nnc(SC(C)C2=C(C(=O)O)N3C(=O)C(Br)(Br)C3SC2)s1. The van der Waals surface area contributed by atoms with Gasteiger partial charge in [0.25, 0.3) is 5.91 Å². The molecule has 1 amide bonds. The second-order valence-corrected chi connectivity index (χ2v) is 12.4. The highest BCUT2D eigenvalue weighted by Crippen LogP contribution is 2.54. The molecule has 2 unspecified atom stereocenters. The molecule has 1 aromatic heterocycles. The summed E-state index contributed by atoms with van der Waals surface area (Å²) in [6, 6.07) is 0. The minimum atomic E-state index is -1.07. The number of aliphatic carboxylic acids is 1. The molecule has 11 heteroatoms. The van der Waals surface area contributed by atoms with E-state index in [4.69, 9.17) is 0 Å². The standard InChI is InChI=1S/C12H11Br2N3O3S3/c1-4(22-11-16-15-5(2)23-11)6-3-21-10-12(13,14)9(20)17(10)7(6)8(18)19/h4,10H,3H2,1-2H3,(H,18,19). The van der Waals surface area contributed by atoms with Crippen molar-refractivity contribution in [1.29, 1.82) is 0 Å². The Kier molecular flexibility index (Phi) is 4.87. The molecule has 3 heterocycles. The molecule has 2 aliphatic heterocycles. The zero-order valence-corrected chi connectivity index (χ0v) is 17.6. The molecule has 6 nitrogen and oxygen atoms in total. The molecular formula is C12H11Br2N3O3S3. The van der Waals surface area contributed by atoms with Crippen molar-refractivity contribution < 1.29 is 14.7 Å². The van der Waals surface area contributed by atoms with Crippen LogP contribution in [0.4, 0.5) is 0 Å². The molecule has 0 spiro atoms. The van der Waals surface area contributed by atoms with E-state index in [1.54, 1.807) is 11.8 Å². The summed E-state index contributed by atoms with van der Waals surface area (Å²) in [5, 5.41) is 18.2. The van der Waals surface area contributed by atoms with Gasteiger partial charge in [0.2, 0.25) is 0 Å². The Morgan fingerprint density at radius 1 is 1.52 bits per heavy atom. The van der Waals surface area contributed by atoms with E-state index in [1.807, 2.05) is 13.8 Å². The molecule has 0 aromatic carbocycles. The number of carbonyl (C=O) groups is 2. The molecule has 0 saturated carbocycles. The van der Waals surface area contributed by atoms with Crippen molar-refractivity contribution in [2.24, 2.45) is 0 Å². The van der Waals surface area contributed by atoms with Crippen LogP contribution < -0.4 is 0 Å². The summed E-state index contributed by atoms with van der Waals surface area (Å²) in [6.07, 6.45) is 0. The van der Waals surface area contributed by atoms with E-state index in [1.165, 1.54) is 28.0 Å². The van der Waals surface area contributed by atoms with Crippen LogP contribution >= 0.6 is 66.7 Å². The van der Waals surface area contributed by atoms with Crippen LogP contribution in [-0.4, -0.2) is 51.7 Å². The van der Waals surface area contributed by atoms with E-state index in [-0.39, 0.29) is 22.2 Å². The second-order valence-electron chi connectivity index (χ2n) is 4.99. The van der Waals surface area contributed by atoms with Crippen LogP contribution in [0, 0.1) is 6.92 Å². The molecule has 0 bridgehead atoms. The fourth-order valence-corrected chi connectivity index (χ4v) is 7.56. The van der Waals surface area contributed by atoms with Crippen molar-refractivity contribution in [2.75, 3.05) is 5.75 Å². The zero-order chi connectivity index (χ0) is 16.9. The molecule has 1 aromatic rings. The summed E-state index contributed by atoms with van der Waals surface area (Å²) in [5.74, 6) is -0.801. The Morgan fingerprint density at radius 2 is 2.22 bits per heavy atom. The molecule has 1 saturated heterocycles. The van der Waals surface area contributed by atoms with Gasteiger partial charge in [0.1, 0.15) is 16.1 Å². The maximum absolute atomic E-state index is 12.3. The summed E-state index contributed by atoms with van der Waals surface area (Å²) < 4.78 is -0.0755. The number of aromatic nitrogens is 2. The quantitative estimate of drug-likeness (QED) is 0.386. The van der Waals surface area contributed by atoms with E-state index >= 15 is 0 Å². The Labute approximate surface area is 161 Å². The first-order chi connectivity index (χ1) is 10.7. The van der Waals surface area contributed by atoms with Gasteiger partial charge in [0, 0.05) is 11.0 Å². The summed E-state index contributed by atoms with van der Waals surface area (Å²) in [6.45, 7) is 3.81. The number of carboxylic acids is 1. The number of hydrogen-bond donors (Lipinski definition) is 1. The molecule has 1 N–H and O–H groups in total. The highest BCUT2D eigenvalue weighted by molar-refractivity contribution is 9.26. The van der Waals surface area contributed by atoms with Gasteiger partial charge in [-0.3, -0.25) is 9.69 Å². The van der Waals surface area contributed by atoms with Crippen LogP contribution in [0.2, 0.25) is 0 Å². The van der Waals surface area contributed by atoms with Crippen molar-refractivity contribution in [1.82, 2.24) is 15.1 Å². The normalized spacial score (nSPS) is 24.3. The van der Waals surface area contributed by atoms with Crippen molar-refractivity contribution in [3.05, 3.63) is 16.3 Å². The number of amides is 1. The monoisotopic (exact) mass is 499 g/mol. The van der Waals surface area contributed by atoms with Gasteiger partial charge in [0.05, 0.1) is 0 Å². The average Bonchev–Trinajstić information content (AvgIpc) is 2.90. The number of alkyl halides is 2.